The van der Waals surface area contributed by atoms with Crippen LogP contribution in [-0.4, -0.2) is 65.0 Å². The summed E-state index contributed by atoms with van der Waals surface area (Å²) in [7, 11) is 0. The van der Waals surface area contributed by atoms with Crippen LogP contribution >= 0.6 is 0 Å². The number of amides is 4. The number of pyridine rings is 1. The van der Waals surface area contributed by atoms with Gasteiger partial charge in [-0.1, -0.05) is 24.3 Å². The lowest BCUT2D eigenvalue weighted by atomic mass is 9.75. The van der Waals surface area contributed by atoms with Crippen LogP contribution in [0.15, 0.2) is 54.7 Å². The highest BCUT2D eigenvalue weighted by Crippen LogP contribution is 2.41. The number of halogens is 1. The van der Waals surface area contributed by atoms with Gasteiger partial charge in [0.05, 0.1) is 18.3 Å². The number of benzene rings is 1. The second-order valence-corrected chi connectivity index (χ2v) is 9.46. The zero-order valence-corrected chi connectivity index (χ0v) is 19.9. The number of urea groups is 1. The third-order valence-corrected chi connectivity index (χ3v) is 7.34. The van der Waals surface area contributed by atoms with Crippen molar-refractivity contribution < 1.29 is 23.5 Å². The summed E-state index contributed by atoms with van der Waals surface area (Å²) >= 11 is 0. The van der Waals surface area contributed by atoms with E-state index in [1.165, 1.54) is 23.1 Å². The average molecular weight is 493 g/mol. The predicted octanol–water partition coefficient (Wildman–Crippen LogP) is 3.10. The zero-order chi connectivity index (χ0) is 25.1. The number of imide groups is 1. The highest BCUT2D eigenvalue weighted by molar-refractivity contribution is 6.07. The lowest BCUT2D eigenvalue weighted by Crippen LogP contribution is -2.54. The van der Waals surface area contributed by atoms with E-state index in [0.29, 0.717) is 43.8 Å². The van der Waals surface area contributed by atoms with Crippen LogP contribution in [0.4, 0.5) is 9.18 Å². The van der Waals surface area contributed by atoms with Crippen LogP contribution in [0, 0.1) is 11.7 Å². The maximum absolute atomic E-state index is 13.9. The van der Waals surface area contributed by atoms with Gasteiger partial charge < -0.3 is 15.0 Å². The molecule has 9 heteroatoms. The monoisotopic (exact) mass is 492 g/mol. The first kappa shape index (κ1) is 24.1. The maximum Gasteiger partial charge on any atom is 0.325 e. The van der Waals surface area contributed by atoms with E-state index in [9.17, 15) is 18.8 Å². The summed E-state index contributed by atoms with van der Waals surface area (Å²) in [6, 6.07) is 11.2. The average Bonchev–Trinajstić information content (AvgIpc) is 3.51. The van der Waals surface area contributed by atoms with Crippen LogP contribution in [0.2, 0.25) is 0 Å². The van der Waals surface area contributed by atoms with Crippen molar-refractivity contribution in [3.8, 4) is 0 Å². The van der Waals surface area contributed by atoms with Crippen molar-refractivity contribution >= 4 is 23.9 Å². The number of ether oxygens (including phenoxy) is 1. The van der Waals surface area contributed by atoms with E-state index in [0.717, 1.165) is 12.8 Å². The number of likely N-dealkylation sites (tertiary alicyclic amines) is 1. The minimum atomic E-state index is -1.28. The first-order chi connectivity index (χ1) is 17.5. The Kier molecular flexibility index (Phi) is 6.82. The molecule has 188 valence electrons. The van der Waals surface area contributed by atoms with E-state index in [2.05, 4.69) is 10.3 Å². The normalized spacial score (nSPS) is 25.1. The molecule has 3 fully saturated rings. The fourth-order valence-corrected chi connectivity index (χ4v) is 5.42. The quantitative estimate of drug-likeness (QED) is 0.494. The molecule has 0 saturated carbocycles. The third-order valence-electron chi connectivity index (χ3n) is 7.34. The van der Waals surface area contributed by atoms with Crippen molar-refractivity contribution in [1.29, 1.82) is 0 Å². The Balaban J connectivity index is 1.33. The number of nitrogens with one attached hydrogen (secondary N) is 1. The summed E-state index contributed by atoms with van der Waals surface area (Å²) < 4.78 is 19.5. The number of carbonyl (C=O) groups excluding carboxylic acids is 3. The van der Waals surface area contributed by atoms with Crippen LogP contribution < -0.4 is 5.32 Å². The molecular formula is C27H29FN4O4. The topological polar surface area (TPSA) is 91.8 Å². The van der Waals surface area contributed by atoms with E-state index in [1.807, 2.05) is 0 Å². The van der Waals surface area contributed by atoms with Crippen molar-refractivity contribution in [2.24, 2.45) is 5.92 Å². The molecule has 3 saturated heterocycles. The molecule has 5 rings (SSSR count). The van der Waals surface area contributed by atoms with Crippen LogP contribution in [0.5, 0.6) is 0 Å². The number of carbonyl (C=O) groups is 3. The molecule has 1 aromatic heterocycles. The first-order valence-corrected chi connectivity index (χ1v) is 12.4. The van der Waals surface area contributed by atoms with Gasteiger partial charge in [0.25, 0.3) is 5.91 Å². The zero-order valence-electron chi connectivity index (χ0n) is 19.9. The van der Waals surface area contributed by atoms with Crippen molar-refractivity contribution in [1.82, 2.24) is 20.1 Å². The standard InChI is InChI=1S/C27H29FN4O4/c28-22-8-2-1-6-19(22)10-11-24(33)31-15-12-20(13-16-31)27(23-9-3-4-14-29-23)25(34)32(26(35)30-27)18-21-7-5-17-36-21/h1-4,6,8-11,14,20-21H,5,7,12-13,15-18H2,(H,30,35)/b11-10+/t21-,27-/m1/s1. The Morgan fingerprint density at radius 2 is 1.92 bits per heavy atom. The SMILES string of the molecule is O=C(/C=C/c1ccccc1F)N1CCC([C@]2(c3ccccn3)NC(=O)N(C[C@H]3CCCO3)C2=O)CC1. The summed E-state index contributed by atoms with van der Waals surface area (Å²) in [5.41, 5.74) is -0.433. The molecular weight excluding hydrogens is 463 g/mol. The third kappa shape index (κ3) is 4.51. The summed E-state index contributed by atoms with van der Waals surface area (Å²) in [6.45, 7) is 1.68. The number of piperidine rings is 1. The molecule has 0 aliphatic carbocycles. The Labute approximate surface area is 209 Å². The number of nitrogens with zero attached hydrogens (tertiary/aromatic N) is 3. The molecule has 36 heavy (non-hydrogen) atoms. The second kappa shape index (κ2) is 10.2. The van der Waals surface area contributed by atoms with Gasteiger partial charge in [-0.2, -0.15) is 0 Å². The molecule has 0 spiro atoms. The van der Waals surface area contributed by atoms with Gasteiger partial charge in [0.15, 0.2) is 5.54 Å². The van der Waals surface area contributed by atoms with Crippen molar-refractivity contribution in [3.63, 3.8) is 0 Å². The van der Waals surface area contributed by atoms with Gasteiger partial charge in [-0.25, -0.2) is 9.18 Å². The lowest BCUT2D eigenvalue weighted by Gasteiger charge is -2.40. The Bertz CT molecular complexity index is 1160. The number of hydrogen-bond acceptors (Lipinski definition) is 5. The number of rotatable bonds is 6. The van der Waals surface area contributed by atoms with Crippen LogP contribution in [-0.2, 0) is 19.9 Å². The molecule has 8 nitrogen and oxygen atoms in total. The molecule has 2 atom stereocenters. The summed E-state index contributed by atoms with van der Waals surface area (Å²) in [4.78, 5) is 47.1. The maximum atomic E-state index is 13.9. The first-order valence-electron chi connectivity index (χ1n) is 12.4. The molecule has 0 radical (unpaired) electrons. The van der Waals surface area contributed by atoms with Crippen LogP contribution in [0.1, 0.15) is 36.9 Å². The van der Waals surface area contributed by atoms with E-state index < -0.39 is 11.6 Å². The Morgan fingerprint density at radius 1 is 1.14 bits per heavy atom. The highest BCUT2D eigenvalue weighted by Gasteiger charge is 2.58. The van der Waals surface area contributed by atoms with Gasteiger partial charge in [0, 0.05) is 43.5 Å². The van der Waals surface area contributed by atoms with Crippen molar-refractivity contribution in [2.75, 3.05) is 26.2 Å². The molecule has 3 aliphatic heterocycles. The Morgan fingerprint density at radius 3 is 2.61 bits per heavy atom. The lowest BCUT2D eigenvalue weighted by molar-refractivity contribution is -0.136. The van der Waals surface area contributed by atoms with Gasteiger partial charge in [-0.3, -0.25) is 19.5 Å². The van der Waals surface area contributed by atoms with Crippen molar-refractivity contribution in [3.05, 3.63) is 71.8 Å². The summed E-state index contributed by atoms with van der Waals surface area (Å²) in [5.74, 6) is -1.16. The minimum absolute atomic E-state index is 0.153. The van der Waals surface area contributed by atoms with Gasteiger partial charge in [-0.15, -0.1) is 0 Å². The molecule has 4 amide bonds. The highest BCUT2D eigenvalue weighted by atomic mass is 19.1. The molecule has 0 unspecified atom stereocenters. The number of aromatic nitrogens is 1. The smallest absolute Gasteiger partial charge is 0.325 e. The Hall–Kier alpha value is -3.59. The molecule has 1 aromatic carbocycles. The van der Waals surface area contributed by atoms with E-state index >= 15 is 0 Å². The summed E-state index contributed by atoms with van der Waals surface area (Å²) in [5, 5.41) is 2.98. The van der Waals surface area contributed by atoms with Gasteiger partial charge in [0.2, 0.25) is 5.91 Å². The largest absolute Gasteiger partial charge is 0.376 e. The van der Waals surface area contributed by atoms with E-state index in [1.54, 1.807) is 47.5 Å². The fourth-order valence-electron chi connectivity index (χ4n) is 5.42. The van der Waals surface area contributed by atoms with Crippen LogP contribution in [0.3, 0.4) is 0 Å². The predicted molar refractivity (Wildman–Crippen MR) is 130 cm³/mol. The minimum Gasteiger partial charge on any atom is -0.376 e. The second-order valence-electron chi connectivity index (χ2n) is 9.46. The van der Waals surface area contributed by atoms with Gasteiger partial charge >= 0.3 is 6.03 Å². The van der Waals surface area contributed by atoms with E-state index in [4.69, 9.17) is 4.74 Å². The van der Waals surface area contributed by atoms with Crippen molar-refractivity contribution in [2.45, 2.75) is 37.3 Å². The molecule has 4 heterocycles. The molecule has 1 N–H and O–H groups in total. The van der Waals surface area contributed by atoms with Gasteiger partial charge in [-0.05, 0) is 50.0 Å². The van der Waals surface area contributed by atoms with E-state index in [-0.39, 0.29) is 36.2 Å². The number of hydrogen-bond donors (Lipinski definition) is 1. The summed E-state index contributed by atoms with van der Waals surface area (Å²) in [6.07, 6.45) is 7.06. The molecule has 3 aliphatic rings. The van der Waals surface area contributed by atoms with Crippen LogP contribution in [0.25, 0.3) is 6.08 Å². The molecule has 2 aromatic rings. The van der Waals surface area contributed by atoms with Gasteiger partial charge in [0.1, 0.15) is 5.82 Å². The fraction of sp³-hybridized carbons (Fsp3) is 0.407. The molecule has 0 bridgehead atoms.